The number of halogens is 1. The Morgan fingerprint density at radius 2 is 1.80 bits per heavy atom. The molecule has 0 spiro atoms. The Morgan fingerprint density at radius 1 is 1.15 bits per heavy atom. The van der Waals surface area contributed by atoms with Crippen LogP contribution in [0.1, 0.15) is 43.7 Å². The van der Waals surface area contributed by atoms with Crippen molar-refractivity contribution in [1.29, 1.82) is 0 Å². The van der Waals surface area contributed by atoms with Crippen LogP contribution in [0.25, 0.3) is 0 Å². The Labute approximate surface area is 130 Å². The van der Waals surface area contributed by atoms with E-state index in [9.17, 15) is 8.42 Å². The minimum Gasteiger partial charge on any atom is -0.212 e. The first kappa shape index (κ1) is 16.0. The second kappa shape index (κ2) is 7.57. The average Bonchev–Trinajstić information content (AvgIpc) is 2.46. The molecule has 5 heteroatoms. The lowest BCUT2D eigenvalue weighted by Crippen LogP contribution is -2.34. The van der Waals surface area contributed by atoms with Crippen LogP contribution in [0, 0.1) is 5.92 Å². The molecule has 1 N–H and O–H groups in total. The van der Waals surface area contributed by atoms with Gasteiger partial charge in [-0.15, -0.1) is 0 Å². The van der Waals surface area contributed by atoms with Gasteiger partial charge in [0.15, 0.2) is 0 Å². The number of hydrogen-bond donors (Lipinski definition) is 1. The van der Waals surface area contributed by atoms with Gasteiger partial charge in [0.2, 0.25) is 10.0 Å². The molecule has 0 aliphatic heterocycles. The molecule has 3 nitrogen and oxygen atoms in total. The summed E-state index contributed by atoms with van der Waals surface area (Å²) in [4.78, 5) is 0. The van der Waals surface area contributed by atoms with Gasteiger partial charge >= 0.3 is 0 Å². The zero-order chi connectivity index (χ0) is 14.4. The molecule has 0 saturated heterocycles. The highest BCUT2D eigenvalue weighted by molar-refractivity contribution is 9.09. The fourth-order valence-corrected chi connectivity index (χ4v) is 5.26. The summed E-state index contributed by atoms with van der Waals surface area (Å²) in [7, 11) is -3.22. The van der Waals surface area contributed by atoms with Gasteiger partial charge in [0.1, 0.15) is 0 Å². The van der Waals surface area contributed by atoms with Gasteiger partial charge in [-0.3, -0.25) is 0 Å². The zero-order valence-electron chi connectivity index (χ0n) is 11.6. The average molecular weight is 360 g/mol. The zero-order valence-corrected chi connectivity index (χ0v) is 14.0. The molecule has 0 heterocycles. The normalized spacial score (nSPS) is 18.9. The van der Waals surface area contributed by atoms with Crippen molar-refractivity contribution in [3.63, 3.8) is 0 Å². The van der Waals surface area contributed by atoms with Crippen molar-refractivity contribution < 1.29 is 8.42 Å². The summed E-state index contributed by atoms with van der Waals surface area (Å²) >= 11 is 3.40. The molecular weight excluding hydrogens is 338 g/mol. The van der Waals surface area contributed by atoms with E-state index in [1.54, 1.807) is 0 Å². The third-order valence-corrected chi connectivity index (χ3v) is 6.06. The minimum atomic E-state index is -3.22. The van der Waals surface area contributed by atoms with Gasteiger partial charge in [0.25, 0.3) is 0 Å². The molecule has 0 bridgehead atoms. The van der Waals surface area contributed by atoms with E-state index in [1.807, 2.05) is 30.3 Å². The number of rotatable bonds is 6. The van der Waals surface area contributed by atoms with Crippen molar-refractivity contribution >= 4 is 26.0 Å². The summed E-state index contributed by atoms with van der Waals surface area (Å²) in [5, 5.41) is 0.584. The predicted molar refractivity (Wildman–Crippen MR) is 86.5 cm³/mol. The molecule has 0 amide bonds. The Balaban J connectivity index is 1.98. The molecule has 0 aromatic heterocycles. The number of hydrogen-bond acceptors (Lipinski definition) is 2. The van der Waals surface area contributed by atoms with Crippen molar-refractivity contribution in [2.45, 2.75) is 38.1 Å². The quantitative estimate of drug-likeness (QED) is 0.788. The van der Waals surface area contributed by atoms with Gasteiger partial charge < -0.3 is 0 Å². The lowest BCUT2D eigenvalue weighted by atomic mass is 9.91. The van der Waals surface area contributed by atoms with Gasteiger partial charge in [-0.1, -0.05) is 65.5 Å². The first-order valence-electron chi connectivity index (χ1n) is 7.21. The van der Waals surface area contributed by atoms with Crippen LogP contribution < -0.4 is 4.72 Å². The van der Waals surface area contributed by atoms with Crippen molar-refractivity contribution in [1.82, 2.24) is 4.72 Å². The summed E-state index contributed by atoms with van der Waals surface area (Å²) < 4.78 is 27.5. The van der Waals surface area contributed by atoms with Crippen LogP contribution in [0.4, 0.5) is 0 Å². The van der Waals surface area contributed by atoms with Crippen molar-refractivity contribution in [3.05, 3.63) is 35.9 Å². The Bertz CT molecular complexity index is 498. The largest absolute Gasteiger partial charge is 0.212 e. The van der Waals surface area contributed by atoms with Gasteiger partial charge in [0, 0.05) is 5.33 Å². The number of sulfonamides is 1. The third kappa shape index (κ3) is 4.86. The van der Waals surface area contributed by atoms with E-state index < -0.39 is 10.0 Å². The van der Waals surface area contributed by atoms with Crippen LogP contribution >= 0.6 is 15.9 Å². The SMILES string of the molecule is O=S(=O)(CC1CCCCC1)NC(CBr)c1ccccc1. The number of benzene rings is 1. The molecule has 112 valence electrons. The summed E-state index contributed by atoms with van der Waals surface area (Å²) in [6.45, 7) is 0. The van der Waals surface area contributed by atoms with E-state index in [0.717, 1.165) is 18.4 Å². The third-order valence-electron chi connectivity index (χ3n) is 3.86. The fraction of sp³-hybridized carbons (Fsp3) is 0.600. The van der Waals surface area contributed by atoms with Crippen molar-refractivity contribution in [3.8, 4) is 0 Å². The van der Waals surface area contributed by atoms with Gasteiger partial charge in [-0.2, -0.15) is 0 Å². The van der Waals surface area contributed by atoms with Crippen LogP contribution in [0.3, 0.4) is 0 Å². The standard InChI is InChI=1S/C15H22BrNO2S/c16-11-15(14-9-5-2-6-10-14)17-20(18,19)12-13-7-3-1-4-8-13/h2,5-6,9-10,13,15,17H,1,3-4,7-8,11-12H2. The van der Waals surface area contributed by atoms with E-state index in [1.165, 1.54) is 19.3 Å². The van der Waals surface area contributed by atoms with E-state index in [-0.39, 0.29) is 11.8 Å². The fourth-order valence-electron chi connectivity index (χ4n) is 2.80. The molecule has 1 aliphatic carbocycles. The second-order valence-electron chi connectivity index (χ2n) is 5.52. The highest BCUT2D eigenvalue weighted by Gasteiger charge is 2.24. The Kier molecular flexibility index (Phi) is 6.05. The second-order valence-corrected chi connectivity index (χ2v) is 7.97. The van der Waals surface area contributed by atoms with Crippen molar-refractivity contribution in [2.75, 3.05) is 11.1 Å². The maximum Gasteiger partial charge on any atom is 0.212 e. The maximum absolute atomic E-state index is 12.3. The highest BCUT2D eigenvalue weighted by Crippen LogP contribution is 2.25. The Morgan fingerprint density at radius 3 is 2.40 bits per heavy atom. The molecular formula is C15H22BrNO2S. The van der Waals surface area contributed by atoms with Gasteiger partial charge in [-0.25, -0.2) is 13.1 Å². The lowest BCUT2D eigenvalue weighted by molar-refractivity contribution is 0.383. The molecule has 1 fully saturated rings. The topological polar surface area (TPSA) is 46.2 Å². The molecule has 1 saturated carbocycles. The highest BCUT2D eigenvalue weighted by atomic mass is 79.9. The summed E-state index contributed by atoms with van der Waals surface area (Å²) in [5.74, 6) is 0.594. The van der Waals surface area contributed by atoms with E-state index >= 15 is 0 Å². The summed E-state index contributed by atoms with van der Waals surface area (Å²) in [6.07, 6.45) is 5.68. The lowest BCUT2D eigenvalue weighted by Gasteiger charge is -2.23. The predicted octanol–water partition coefficient (Wildman–Crippen LogP) is 3.62. The molecule has 2 rings (SSSR count). The van der Waals surface area contributed by atoms with E-state index in [0.29, 0.717) is 11.2 Å². The van der Waals surface area contributed by atoms with Gasteiger partial charge in [-0.05, 0) is 24.3 Å². The molecule has 0 radical (unpaired) electrons. The smallest absolute Gasteiger partial charge is 0.212 e. The van der Waals surface area contributed by atoms with Crippen LogP contribution in [0.2, 0.25) is 0 Å². The minimum absolute atomic E-state index is 0.190. The van der Waals surface area contributed by atoms with Crippen molar-refractivity contribution in [2.24, 2.45) is 5.92 Å². The van der Waals surface area contributed by atoms with Gasteiger partial charge in [0.05, 0.1) is 11.8 Å². The molecule has 1 aromatic carbocycles. The number of alkyl halides is 1. The molecule has 1 aromatic rings. The van der Waals surface area contributed by atoms with Crippen LogP contribution in [-0.4, -0.2) is 19.5 Å². The molecule has 1 atom stereocenters. The number of nitrogens with one attached hydrogen (secondary N) is 1. The summed E-state index contributed by atoms with van der Waals surface area (Å²) in [6, 6.07) is 9.51. The van der Waals surface area contributed by atoms with Crippen LogP contribution in [0.5, 0.6) is 0 Å². The van der Waals surface area contributed by atoms with E-state index in [4.69, 9.17) is 0 Å². The van der Waals surface area contributed by atoms with E-state index in [2.05, 4.69) is 20.7 Å². The van der Waals surface area contributed by atoms with Crippen LogP contribution in [-0.2, 0) is 10.0 Å². The molecule has 1 unspecified atom stereocenters. The van der Waals surface area contributed by atoms with Crippen LogP contribution in [0.15, 0.2) is 30.3 Å². The monoisotopic (exact) mass is 359 g/mol. The molecule has 20 heavy (non-hydrogen) atoms. The maximum atomic E-state index is 12.3. The first-order valence-corrected chi connectivity index (χ1v) is 9.99. The Hall–Kier alpha value is -0.390. The first-order chi connectivity index (χ1) is 9.61. The molecule has 1 aliphatic rings. The summed E-state index contributed by atoms with van der Waals surface area (Å²) in [5.41, 5.74) is 0.997.